The van der Waals surface area contributed by atoms with Crippen LogP contribution in [-0.2, 0) is 5.41 Å². The van der Waals surface area contributed by atoms with Gasteiger partial charge in [-0.05, 0) is 63.1 Å². The lowest BCUT2D eigenvalue weighted by Crippen LogP contribution is -2.46. The molecule has 2 fully saturated rings. The van der Waals surface area contributed by atoms with Crippen LogP contribution < -0.4 is 10.6 Å². The van der Waals surface area contributed by atoms with Crippen LogP contribution in [0, 0.1) is 0 Å². The number of hydrogen-bond acceptors (Lipinski definition) is 2. The van der Waals surface area contributed by atoms with Gasteiger partial charge in [-0.2, -0.15) is 0 Å². The van der Waals surface area contributed by atoms with Crippen LogP contribution in [0.25, 0.3) is 0 Å². The van der Waals surface area contributed by atoms with Gasteiger partial charge in [0.2, 0.25) is 0 Å². The number of benzene rings is 1. The summed E-state index contributed by atoms with van der Waals surface area (Å²) in [6.07, 6.45) is 7.39. The molecule has 2 aliphatic rings. The molecule has 0 aliphatic heterocycles. The molecule has 0 aromatic heterocycles. The molecule has 2 saturated carbocycles. The minimum absolute atomic E-state index is 0. The molecular weight excluding hydrogens is 505 g/mol. The van der Waals surface area contributed by atoms with Crippen molar-refractivity contribution in [2.75, 3.05) is 13.1 Å². The highest BCUT2D eigenvalue weighted by Gasteiger charge is 2.38. The summed E-state index contributed by atoms with van der Waals surface area (Å²) in [5.74, 6) is 0.921. The lowest BCUT2D eigenvalue weighted by molar-refractivity contribution is 0.120. The number of rotatable bonds is 5. The Morgan fingerprint density at radius 1 is 1.27 bits per heavy atom. The molecule has 0 saturated heterocycles. The quantitative estimate of drug-likeness (QED) is 0.298. The third kappa shape index (κ3) is 5.58. The summed E-state index contributed by atoms with van der Waals surface area (Å²) in [6, 6.07) is 9.12. The average Bonchev–Trinajstić information content (AvgIpc) is 2.56. The number of aliphatic hydroxyl groups excluding tert-OH is 1. The van der Waals surface area contributed by atoms with Crippen LogP contribution in [0.3, 0.4) is 0 Å². The predicted molar refractivity (Wildman–Crippen MR) is 122 cm³/mol. The molecule has 3 rings (SSSR count). The topological polar surface area (TPSA) is 56.7 Å². The summed E-state index contributed by atoms with van der Waals surface area (Å²) in [5, 5.41) is 16.7. The van der Waals surface area contributed by atoms with Crippen LogP contribution in [0.1, 0.15) is 57.4 Å². The highest BCUT2D eigenvalue weighted by atomic mass is 127. The Hall–Kier alpha value is -0.340. The normalized spacial score (nSPS) is 25.0. The number of nitrogens with one attached hydrogen (secondary N) is 2. The van der Waals surface area contributed by atoms with Gasteiger partial charge in [0.05, 0.1) is 12.6 Å². The fourth-order valence-electron chi connectivity index (χ4n) is 3.92. The molecule has 1 aromatic rings. The summed E-state index contributed by atoms with van der Waals surface area (Å²) in [7, 11) is 0. The van der Waals surface area contributed by atoms with Crippen molar-refractivity contribution in [3.8, 4) is 0 Å². The lowest BCUT2D eigenvalue weighted by Gasteiger charge is -2.41. The minimum atomic E-state index is -0.118. The fraction of sp³-hybridized carbons (Fsp3) is 0.650. The second kappa shape index (κ2) is 10.3. The van der Waals surface area contributed by atoms with Gasteiger partial charge in [0.1, 0.15) is 0 Å². The molecule has 0 spiro atoms. The number of nitrogens with zero attached hydrogens (tertiary/aromatic N) is 1. The molecule has 0 bridgehead atoms. The maximum atomic E-state index is 9.68. The monoisotopic (exact) mass is 535 g/mol. The van der Waals surface area contributed by atoms with Gasteiger partial charge in [-0.25, -0.2) is 0 Å². The van der Waals surface area contributed by atoms with Gasteiger partial charge in [0.25, 0.3) is 0 Å². The maximum Gasteiger partial charge on any atom is 0.191 e. The van der Waals surface area contributed by atoms with Gasteiger partial charge in [0.15, 0.2) is 5.96 Å². The van der Waals surface area contributed by atoms with E-state index in [0.29, 0.717) is 6.04 Å². The Labute approximate surface area is 182 Å². The molecular formula is C20H31BrIN3O. The van der Waals surface area contributed by atoms with Gasteiger partial charge >= 0.3 is 0 Å². The van der Waals surface area contributed by atoms with Crippen LogP contribution in [0.15, 0.2) is 33.7 Å². The maximum absolute atomic E-state index is 9.68. The van der Waals surface area contributed by atoms with E-state index in [1.807, 2.05) is 0 Å². The van der Waals surface area contributed by atoms with Gasteiger partial charge in [-0.1, -0.05) is 34.5 Å². The Balaban J connectivity index is 0.00000243. The minimum Gasteiger partial charge on any atom is -0.393 e. The SMILES string of the molecule is CCNC(=NCC1(c2cccc(Br)c2)CCC1)NC1CCC(O)CC1.I. The number of aliphatic hydroxyl groups is 1. The molecule has 0 heterocycles. The van der Waals surface area contributed by atoms with Crippen molar-refractivity contribution in [2.45, 2.75) is 69.4 Å². The highest BCUT2D eigenvalue weighted by molar-refractivity contribution is 14.0. The molecule has 0 atom stereocenters. The van der Waals surface area contributed by atoms with E-state index in [9.17, 15) is 5.11 Å². The summed E-state index contributed by atoms with van der Waals surface area (Å²) in [4.78, 5) is 4.94. The molecule has 4 nitrogen and oxygen atoms in total. The Morgan fingerprint density at radius 2 is 2.00 bits per heavy atom. The summed E-state index contributed by atoms with van der Waals surface area (Å²) in [6.45, 7) is 3.80. The van der Waals surface area contributed by atoms with Crippen molar-refractivity contribution in [2.24, 2.45) is 4.99 Å². The predicted octanol–water partition coefficient (Wildman–Crippen LogP) is 4.35. The van der Waals surface area contributed by atoms with Crippen LogP contribution >= 0.6 is 39.9 Å². The molecule has 6 heteroatoms. The van der Waals surface area contributed by atoms with E-state index < -0.39 is 0 Å². The zero-order valence-corrected chi connectivity index (χ0v) is 19.4. The molecule has 0 amide bonds. The molecule has 0 unspecified atom stereocenters. The molecule has 0 radical (unpaired) electrons. The fourth-order valence-corrected chi connectivity index (χ4v) is 4.32. The van der Waals surface area contributed by atoms with E-state index in [4.69, 9.17) is 4.99 Å². The first-order valence-electron chi connectivity index (χ1n) is 9.60. The van der Waals surface area contributed by atoms with Gasteiger partial charge in [0, 0.05) is 22.5 Å². The third-order valence-corrected chi connectivity index (χ3v) is 6.16. The van der Waals surface area contributed by atoms with E-state index in [2.05, 4.69) is 57.8 Å². The first kappa shape index (κ1) is 22.0. The van der Waals surface area contributed by atoms with Crippen LogP contribution in [-0.4, -0.2) is 36.3 Å². The number of halogens is 2. The number of hydrogen-bond donors (Lipinski definition) is 3. The smallest absolute Gasteiger partial charge is 0.191 e. The van der Waals surface area contributed by atoms with E-state index in [1.165, 1.54) is 24.8 Å². The van der Waals surface area contributed by atoms with Crippen molar-refractivity contribution in [1.29, 1.82) is 0 Å². The molecule has 2 aliphatic carbocycles. The Morgan fingerprint density at radius 3 is 2.58 bits per heavy atom. The standard InChI is InChI=1S/C20H30BrN3O.HI/c1-2-22-19(24-17-7-9-18(25)10-8-17)23-14-20(11-4-12-20)15-5-3-6-16(21)13-15;/h3,5-6,13,17-18,25H,2,4,7-12,14H2,1H3,(H2,22,23,24);1H. The zero-order valence-electron chi connectivity index (χ0n) is 15.5. The summed E-state index contributed by atoms with van der Waals surface area (Å²) < 4.78 is 1.14. The lowest BCUT2D eigenvalue weighted by atomic mass is 9.64. The van der Waals surface area contributed by atoms with Gasteiger partial charge in [-0.15, -0.1) is 24.0 Å². The van der Waals surface area contributed by atoms with Crippen molar-refractivity contribution in [3.63, 3.8) is 0 Å². The Kier molecular flexibility index (Phi) is 8.67. The van der Waals surface area contributed by atoms with Crippen molar-refractivity contribution >= 4 is 45.9 Å². The summed E-state index contributed by atoms with van der Waals surface area (Å²) >= 11 is 3.60. The average molecular weight is 536 g/mol. The van der Waals surface area contributed by atoms with E-state index in [1.54, 1.807) is 0 Å². The van der Waals surface area contributed by atoms with Crippen LogP contribution in [0.5, 0.6) is 0 Å². The van der Waals surface area contributed by atoms with E-state index in [-0.39, 0.29) is 35.5 Å². The summed E-state index contributed by atoms with van der Waals surface area (Å²) in [5.41, 5.74) is 1.59. The van der Waals surface area contributed by atoms with Crippen LogP contribution in [0.4, 0.5) is 0 Å². The second-order valence-electron chi connectivity index (χ2n) is 7.49. The molecule has 3 N–H and O–H groups in total. The Bertz CT molecular complexity index is 598. The highest BCUT2D eigenvalue weighted by Crippen LogP contribution is 2.44. The second-order valence-corrected chi connectivity index (χ2v) is 8.40. The van der Waals surface area contributed by atoms with Crippen molar-refractivity contribution in [1.82, 2.24) is 10.6 Å². The van der Waals surface area contributed by atoms with Crippen molar-refractivity contribution < 1.29 is 5.11 Å². The van der Waals surface area contributed by atoms with E-state index in [0.717, 1.165) is 49.2 Å². The molecule has 1 aromatic carbocycles. The number of guanidine groups is 1. The van der Waals surface area contributed by atoms with Crippen molar-refractivity contribution in [3.05, 3.63) is 34.3 Å². The molecule has 146 valence electrons. The van der Waals surface area contributed by atoms with E-state index >= 15 is 0 Å². The first-order chi connectivity index (χ1) is 12.1. The molecule has 26 heavy (non-hydrogen) atoms. The number of aliphatic imine (C=N–C) groups is 1. The van der Waals surface area contributed by atoms with Crippen LogP contribution in [0.2, 0.25) is 0 Å². The van der Waals surface area contributed by atoms with Gasteiger partial charge < -0.3 is 15.7 Å². The first-order valence-corrected chi connectivity index (χ1v) is 10.4. The van der Waals surface area contributed by atoms with Gasteiger partial charge in [-0.3, -0.25) is 4.99 Å². The largest absolute Gasteiger partial charge is 0.393 e. The zero-order chi connectivity index (χ0) is 17.7. The third-order valence-electron chi connectivity index (χ3n) is 5.67.